The second-order valence-corrected chi connectivity index (χ2v) is 7.97. The molecule has 0 N–H and O–H groups in total. The van der Waals surface area contributed by atoms with E-state index in [1.807, 2.05) is 6.92 Å². The fraction of sp³-hybridized carbons (Fsp3) is 0.727. The number of ether oxygens (including phenoxy) is 1. The summed E-state index contributed by atoms with van der Waals surface area (Å²) in [7, 11) is 0. The van der Waals surface area contributed by atoms with Crippen molar-refractivity contribution in [3.8, 4) is 5.75 Å². The lowest BCUT2D eigenvalue weighted by Gasteiger charge is -2.22. The van der Waals surface area contributed by atoms with Gasteiger partial charge in [0.25, 0.3) is 0 Å². The van der Waals surface area contributed by atoms with Crippen molar-refractivity contribution in [3.05, 3.63) is 29.3 Å². The Kier molecular flexibility index (Phi) is 6.35. The van der Waals surface area contributed by atoms with E-state index in [1.54, 1.807) is 12.1 Å². The molecule has 0 saturated heterocycles. The van der Waals surface area contributed by atoms with Crippen LogP contribution in [0.25, 0.3) is 0 Å². The summed E-state index contributed by atoms with van der Waals surface area (Å²) in [5, 5.41) is 0. The van der Waals surface area contributed by atoms with Crippen LogP contribution in [0.3, 0.4) is 0 Å². The minimum Gasteiger partial charge on any atom is -0.490 e. The van der Waals surface area contributed by atoms with Gasteiger partial charge >= 0.3 is 0 Å². The quantitative estimate of drug-likeness (QED) is 0.466. The van der Waals surface area contributed by atoms with E-state index in [1.165, 1.54) is 44.9 Å². The number of rotatable bonds is 8. The Morgan fingerprint density at radius 2 is 1.72 bits per heavy atom. The monoisotopic (exact) mass is 350 g/mol. The minimum absolute atomic E-state index is 0.0570. The predicted molar refractivity (Wildman–Crippen MR) is 98.0 cm³/mol. The molecule has 3 rings (SSSR count). The number of fused-ring (bicyclic) bond motifs is 1. The third kappa shape index (κ3) is 3.85. The van der Waals surface area contributed by atoms with Crippen molar-refractivity contribution in [2.24, 2.45) is 17.8 Å². The van der Waals surface area contributed by atoms with E-state index in [9.17, 15) is 8.78 Å². The van der Waals surface area contributed by atoms with Gasteiger partial charge in [-0.1, -0.05) is 45.6 Å². The Bertz CT molecular complexity index is 571. The molecule has 0 radical (unpaired) electrons. The molecule has 1 nitrogen and oxygen atoms in total. The van der Waals surface area contributed by atoms with Crippen molar-refractivity contribution in [2.75, 3.05) is 6.61 Å². The minimum atomic E-state index is -0.799. The van der Waals surface area contributed by atoms with Gasteiger partial charge in [-0.2, -0.15) is 4.39 Å². The van der Waals surface area contributed by atoms with Crippen LogP contribution < -0.4 is 4.74 Å². The molecular formula is C22H32F2O. The molecule has 3 heteroatoms. The van der Waals surface area contributed by atoms with E-state index < -0.39 is 11.6 Å². The zero-order valence-electron chi connectivity index (χ0n) is 15.7. The van der Waals surface area contributed by atoms with E-state index >= 15 is 0 Å². The molecule has 0 aromatic heterocycles. The number of halogens is 2. The maximum Gasteiger partial charge on any atom is 0.200 e. The molecule has 2 aliphatic rings. The van der Waals surface area contributed by atoms with Crippen molar-refractivity contribution < 1.29 is 13.5 Å². The maximum absolute atomic E-state index is 14.7. The van der Waals surface area contributed by atoms with Crippen LogP contribution in [0.2, 0.25) is 0 Å². The van der Waals surface area contributed by atoms with Crippen LogP contribution >= 0.6 is 0 Å². The smallest absolute Gasteiger partial charge is 0.200 e. The topological polar surface area (TPSA) is 9.23 Å². The number of benzene rings is 1. The molecule has 2 fully saturated rings. The molecule has 0 heterocycles. The molecule has 0 amide bonds. The van der Waals surface area contributed by atoms with Crippen LogP contribution in [0.5, 0.6) is 5.75 Å². The summed E-state index contributed by atoms with van der Waals surface area (Å²) in [6, 6.07) is 3.41. The van der Waals surface area contributed by atoms with E-state index in [0.29, 0.717) is 18.1 Å². The number of hydrogen-bond donors (Lipinski definition) is 0. The van der Waals surface area contributed by atoms with Gasteiger partial charge in [0.2, 0.25) is 5.82 Å². The van der Waals surface area contributed by atoms with Crippen molar-refractivity contribution >= 4 is 0 Å². The average Bonchev–Trinajstić information content (AvgIpc) is 3.20. The van der Waals surface area contributed by atoms with Crippen molar-refractivity contribution in [3.63, 3.8) is 0 Å². The summed E-state index contributed by atoms with van der Waals surface area (Å²) in [4.78, 5) is 0. The zero-order chi connectivity index (χ0) is 17.8. The molecule has 1 aromatic rings. The first kappa shape index (κ1) is 18.7. The Balaban J connectivity index is 1.70. The second-order valence-electron chi connectivity index (χ2n) is 7.97. The molecule has 1 aromatic carbocycles. The van der Waals surface area contributed by atoms with E-state index in [-0.39, 0.29) is 11.7 Å². The summed E-state index contributed by atoms with van der Waals surface area (Å²) in [6.45, 7) is 4.62. The van der Waals surface area contributed by atoms with Gasteiger partial charge in [0, 0.05) is 0 Å². The van der Waals surface area contributed by atoms with Gasteiger partial charge in [-0.05, 0) is 67.4 Å². The highest BCUT2D eigenvalue weighted by Gasteiger charge is 2.45. The molecular weight excluding hydrogens is 318 g/mol. The first-order valence-corrected chi connectivity index (χ1v) is 10.3. The summed E-state index contributed by atoms with van der Waals surface area (Å²) < 4.78 is 34.4. The fourth-order valence-corrected chi connectivity index (χ4v) is 5.28. The standard InChI is InChI=1S/C22H32F2O/c1-3-5-6-7-15-8-9-17-16(15)10-11-18(17)19-12-13-20(25-14-4-2)22(24)21(19)23/h12-13,15-18H,3-11,14H2,1-2H3. The largest absolute Gasteiger partial charge is 0.490 e. The summed E-state index contributed by atoms with van der Waals surface area (Å²) in [5.74, 6) is 0.850. The molecule has 4 unspecified atom stereocenters. The lowest BCUT2D eigenvalue weighted by Crippen LogP contribution is -2.14. The van der Waals surface area contributed by atoms with Gasteiger partial charge in [0.15, 0.2) is 11.6 Å². The SMILES string of the molecule is CCCCCC1CCC2C(c3ccc(OCCC)c(F)c3F)CCC12. The van der Waals surface area contributed by atoms with Crippen molar-refractivity contribution in [1.82, 2.24) is 0 Å². The average molecular weight is 350 g/mol. The van der Waals surface area contributed by atoms with E-state index in [4.69, 9.17) is 4.74 Å². The lowest BCUT2D eigenvalue weighted by molar-refractivity contribution is 0.292. The van der Waals surface area contributed by atoms with Gasteiger partial charge in [0.05, 0.1) is 6.61 Å². The third-order valence-electron chi connectivity index (χ3n) is 6.47. The normalized spacial score (nSPS) is 28.3. The van der Waals surface area contributed by atoms with Crippen LogP contribution in [0.4, 0.5) is 8.78 Å². The van der Waals surface area contributed by atoms with Crippen molar-refractivity contribution in [2.45, 2.75) is 77.6 Å². The molecule has 0 spiro atoms. The zero-order valence-corrected chi connectivity index (χ0v) is 15.7. The van der Waals surface area contributed by atoms with Crippen LogP contribution in [0.1, 0.15) is 83.1 Å². The van der Waals surface area contributed by atoms with Crippen LogP contribution in [0.15, 0.2) is 12.1 Å². The maximum atomic E-state index is 14.7. The highest BCUT2D eigenvalue weighted by atomic mass is 19.2. The van der Waals surface area contributed by atoms with Gasteiger partial charge in [-0.3, -0.25) is 0 Å². The Hall–Kier alpha value is -1.12. The molecule has 4 atom stereocenters. The summed E-state index contributed by atoms with van der Waals surface area (Å²) >= 11 is 0. The predicted octanol–water partition coefficient (Wildman–Crippen LogP) is 6.85. The van der Waals surface area contributed by atoms with Crippen LogP contribution in [-0.2, 0) is 0 Å². The molecule has 0 bridgehead atoms. The molecule has 25 heavy (non-hydrogen) atoms. The number of unbranched alkanes of at least 4 members (excludes halogenated alkanes) is 2. The Morgan fingerprint density at radius 3 is 2.48 bits per heavy atom. The van der Waals surface area contributed by atoms with Gasteiger partial charge in [0.1, 0.15) is 0 Å². The van der Waals surface area contributed by atoms with Crippen LogP contribution in [0, 0.1) is 29.4 Å². The highest BCUT2D eigenvalue weighted by molar-refractivity contribution is 5.34. The van der Waals surface area contributed by atoms with Crippen LogP contribution in [-0.4, -0.2) is 6.61 Å². The molecule has 2 saturated carbocycles. The van der Waals surface area contributed by atoms with Gasteiger partial charge in [-0.25, -0.2) is 4.39 Å². The molecule has 0 aliphatic heterocycles. The van der Waals surface area contributed by atoms with Gasteiger partial charge in [-0.15, -0.1) is 0 Å². The molecule has 140 valence electrons. The lowest BCUT2D eigenvalue weighted by atomic mass is 9.83. The van der Waals surface area contributed by atoms with E-state index in [0.717, 1.165) is 24.7 Å². The second kappa shape index (κ2) is 8.51. The summed E-state index contributed by atoms with van der Waals surface area (Å²) in [5.41, 5.74) is 0.586. The molecule has 2 aliphatic carbocycles. The Morgan fingerprint density at radius 1 is 0.920 bits per heavy atom. The highest BCUT2D eigenvalue weighted by Crippen LogP contribution is 2.56. The number of hydrogen-bond acceptors (Lipinski definition) is 1. The van der Waals surface area contributed by atoms with E-state index in [2.05, 4.69) is 6.92 Å². The fourth-order valence-electron chi connectivity index (χ4n) is 5.28. The first-order chi connectivity index (χ1) is 12.2. The first-order valence-electron chi connectivity index (χ1n) is 10.3. The third-order valence-corrected chi connectivity index (χ3v) is 6.47. The van der Waals surface area contributed by atoms with Gasteiger partial charge < -0.3 is 4.74 Å². The Labute approximate surface area is 151 Å². The summed E-state index contributed by atoms with van der Waals surface area (Å²) in [6.07, 6.45) is 10.7. The van der Waals surface area contributed by atoms with Crippen molar-refractivity contribution in [1.29, 1.82) is 0 Å².